The third-order valence-electron chi connectivity index (χ3n) is 2.18. The summed E-state index contributed by atoms with van der Waals surface area (Å²) in [4.78, 5) is 21.7. The summed E-state index contributed by atoms with van der Waals surface area (Å²) in [7, 11) is 0. The van der Waals surface area contributed by atoms with Gasteiger partial charge in [-0.3, -0.25) is 0 Å². The average Bonchev–Trinajstić information content (AvgIpc) is 2.29. The third-order valence-corrected chi connectivity index (χ3v) is 2.41. The summed E-state index contributed by atoms with van der Waals surface area (Å²) in [6.07, 6.45) is -1.62. The molecule has 0 aliphatic carbocycles. The zero-order valence-electron chi connectivity index (χ0n) is 9.61. The molecule has 18 heavy (non-hydrogen) atoms. The van der Waals surface area contributed by atoms with Gasteiger partial charge in [0.15, 0.2) is 6.10 Å². The fraction of sp³-hybridized carbons (Fsp3) is 0.273. The van der Waals surface area contributed by atoms with Crippen LogP contribution in [-0.2, 0) is 4.79 Å². The maximum Gasteiger partial charge on any atom is 0.334 e. The Kier molecular flexibility index (Phi) is 4.94. The van der Waals surface area contributed by atoms with Gasteiger partial charge >= 0.3 is 12.0 Å². The Morgan fingerprint density at radius 3 is 2.67 bits per heavy atom. The molecule has 0 saturated carbocycles. The van der Waals surface area contributed by atoms with Crippen LogP contribution in [0.1, 0.15) is 5.56 Å². The van der Waals surface area contributed by atoms with Crippen LogP contribution in [0.2, 0.25) is 5.02 Å². The van der Waals surface area contributed by atoms with Crippen LogP contribution in [0.15, 0.2) is 18.2 Å². The van der Waals surface area contributed by atoms with Crippen molar-refractivity contribution in [3.05, 3.63) is 28.8 Å². The molecule has 7 heteroatoms. The molecule has 0 unspecified atom stereocenters. The second-order valence-corrected chi connectivity index (χ2v) is 4.08. The average molecular weight is 273 g/mol. The molecule has 0 fully saturated rings. The summed E-state index contributed by atoms with van der Waals surface area (Å²) in [5.41, 5.74) is 1.33. The summed E-state index contributed by atoms with van der Waals surface area (Å²) in [5, 5.41) is 22.7. The van der Waals surface area contributed by atoms with E-state index in [4.69, 9.17) is 21.8 Å². The Balaban J connectivity index is 2.52. The van der Waals surface area contributed by atoms with Crippen molar-refractivity contribution in [2.75, 3.05) is 11.9 Å². The number of hydrogen-bond acceptors (Lipinski definition) is 3. The van der Waals surface area contributed by atoms with Gasteiger partial charge in [-0.2, -0.15) is 0 Å². The smallest absolute Gasteiger partial charge is 0.334 e. The van der Waals surface area contributed by atoms with E-state index in [1.807, 2.05) is 0 Å². The number of carbonyl (C=O) groups excluding carboxylic acids is 1. The predicted molar refractivity (Wildman–Crippen MR) is 66.9 cm³/mol. The molecule has 98 valence electrons. The quantitative estimate of drug-likeness (QED) is 0.662. The summed E-state index contributed by atoms with van der Waals surface area (Å²) in [5.74, 6) is -1.39. The van der Waals surface area contributed by atoms with Crippen LogP contribution >= 0.6 is 11.6 Å². The second-order valence-electron chi connectivity index (χ2n) is 3.65. The first kappa shape index (κ1) is 14.3. The van der Waals surface area contributed by atoms with Crippen LogP contribution in [0.3, 0.4) is 0 Å². The number of nitrogens with one attached hydrogen (secondary N) is 2. The number of halogens is 1. The van der Waals surface area contributed by atoms with Gasteiger partial charge in [-0.05, 0) is 30.7 Å². The van der Waals surface area contributed by atoms with Gasteiger partial charge in [0.1, 0.15) is 0 Å². The monoisotopic (exact) mass is 272 g/mol. The van der Waals surface area contributed by atoms with Crippen LogP contribution in [0.25, 0.3) is 0 Å². The van der Waals surface area contributed by atoms with Gasteiger partial charge in [-0.25, -0.2) is 9.59 Å². The van der Waals surface area contributed by atoms with E-state index in [0.29, 0.717) is 10.7 Å². The summed E-state index contributed by atoms with van der Waals surface area (Å²) >= 11 is 5.76. The minimum absolute atomic E-state index is 0.367. The summed E-state index contributed by atoms with van der Waals surface area (Å²) in [6.45, 7) is 1.40. The molecule has 4 N–H and O–H groups in total. The van der Waals surface area contributed by atoms with E-state index in [1.165, 1.54) is 0 Å². The van der Waals surface area contributed by atoms with Crippen molar-refractivity contribution < 1.29 is 19.8 Å². The summed E-state index contributed by atoms with van der Waals surface area (Å²) < 4.78 is 0. The number of hydrogen-bond donors (Lipinski definition) is 4. The number of carbonyl (C=O) groups is 2. The number of aliphatic hydroxyl groups excluding tert-OH is 1. The van der Waals surface area contributed by atoms with Crippen LogP contribution in [0, 0.1) is 6.92 Å². The molecule has 1 atom stereocenters. The van der Waals surface area contributed by atoms with Crippen molar-refractivity contribution in [1.29, 1.82) is 0 Å². The predicted octanol–water partition coefficient (Wildman–Crippen LogP) is 1.22. The molecule has 0 aliphatic heterocycles. The van der Waals surface area contributed by atoms with E-state index in [1.54, 1.807) is 25.1 Å². The van der Waals surface area contributed by atoms with Gasteiger partial charge in [0.05, 0.1) is 6.54 Å². The van der Waals surface area contributed by atoms with E-state index < -0.39 is 18.1 Å². The van der Waals surface area contributed by atoms with Crippen molar-refractivity contribution in [2.45, 2.75) is 13.0 Å². The van der Waals surface area contributed by atoms with Crippen molar-refractivity contribution in [1.82, 2.24) is 5.32 Å². The number of urea groups is 1. The van der Waals surface area contributed by atoms with Crippen LogP contribution in [0.5, 0.6) is 0 Å². The van der Waals surface area contributed by atoms with Crippen LogP contribution < -0.4 is 10.6 Å². The van der Waals surface area contributed by atoms with Crippen molar-refractivity contribution in [3.8, 4) is 0 Å². The van der Waals surface area contributed by atoms with E-state index in [9.17, 15) is 9.59 Å². The van der Waals surface area contributed by atoms with Gasteiger partial charge in [0.25, 0.3) is 0 Å². The molecule has 6 nitrogen and oxygen atoms in total. The highest BCUT2D eigenvalue weighted by Crippen LogP contribution is 2.19. The maximum absolute atomic E-state index is 11.4. The molecule has 0 aromatic heterocycles. The Morgan fingerprint density at radius 1 is 1.44 bits per heavy atom. The fourth-order valence-corrected chi connectivity index (χ4v) is 1.44. The minimum atomic E-state index is -1.62. The normalized spacial score (nSPS) is 11.7. The SMILES string of the molecule is Cc1cc(Cl)ccc1NC(=O)NC[C@H](O)C(=O)O. The van der Waals surface area contributed by atoms with Crippen molar-refractivity contribution in [3.63, 3.8) is 0 Å². The molecule has 0 saturated heterocycles. The Bertz CT molecular complexity index is 464. The lowest BCUT2D eigenvalue weighted by atomic mass is 10.2. The molecule has 0 radical (unpaired) electrons. The molecular formula is C11H13ClN2O4. The lowest BCUT2D eigenvalue weighted by Crippen LogP contribution is -2.38. The third kappa shape index (κ3) is 4.23. The van der Waals surface area contributed by atoms with Crippen molar-refractivity contribution >= 4 is 29.3 Å². The van der Waals surface area contributed by atoms with E-state index in [-0.39, 0.29) is 6.54 Å². The first-order chi connectivity index (χ1) is 8.40. The van der Waals surface area contributed by atoms with Gasteiger partial charge in [-0.15, -0.1) is 0 Å². The number of benzene rings is 1. The Hall–Kier alpha value is -1.79. The lowest BCUT2D eigenvalue weighted by molar-refractivity contribution is -0.146. The van der Waals surface area contributed by atoms with E-state index in [2.05, 4.69) is 10.6 Å². The standard InChI is InChI=1S/C11H13ClN2O4/c1-6-4-7(12)2-3-8(6)14-11(18)13-5-9(15)10(16)17/h2-4,9,15H,5H2,1H3,(H,16,17)(H2,13,14,18)/t9-/m0/s1. The maximum atomic E-state index is 11.4. The minimum Gasteiger partial charge on any atom is -0.479 e. The molecule has 0 heterocycles. The van der Waals surface area contributed by atoms with Gasteiger partial charge in [-0.1, -0.05) is 11.6 Å². The number of carboxylic acids is 1. The van der Waals surface area contributed by atoms with Crippen molar-refractivity contribution in [2.24, 2.45) is 0 Å². The Labute approximate surface area is 109 Å². The zero-order valence-corrected chi connectivity index (χ0v) is 10.4. The topological polar surface area (TPSA) is 98.7 Å². The van der Waals surface area contributed by atoms with Gasteiger partial charge < -0.3 is 20.8 Å². The highest BCUT2D eigenvalue weighted by Gasteiger charge is 2.14. The number of carboxylic acid groups (broad SMARTS) is 1. The number of rotatable bonds is 4. The Morgan fingerprint density at radius 2 is 2.11 bits per heavy atom. The fourth-order valence-electron chi connectivity index (χ4n) is 1.21. The number of amides is 2. The molecule has 0 aliphatic rings. The first-order valence-electron chi connectivity index (χ1n) is 5.12. The van der Waals surface area contributed by atoms with E-state index in [0.717, 1.165) is 5.56 Å². The van der Waals surface area contributed by atoms with Gasteiger partial charge in [0.2, 0.25) is 0 Å². The van der Waals surface area contributed by atoms with E-state index >= 15 is 0 Å². The highest BCUT2D eigenvalue weighted by atomic mass is 35.5. The zero-order chi connectivity index (χ0) is 13.7. The van der Waals surface area contributed by atoms with Crippen LogP contribution in [0.4, 0.5) is 10.5 Å². The molecule has 2 amide bonds. The lowest BCUT2D eigenvalue weighted by Gasteiger charge is -2.11. The molecule has 1 rings (SSSR count). The van der Waals surface area contributed by atoms with Gasteiger partial charge in [0, 0.05) is 10.7 Å². The number of anilines is 1. The molecular weight excluding hydrogens is 260 g/mol. The molecule has 0 spiro atoms. The molecule has 0 bridgehead atoms. The number of aliphatic hydroxyl groups is 1. The number of aryl methyl sites for hydroxylation is 1. The van der Waals surface area contributed by atoms with Crippen LogP contribution in [-0.4, -0.2) is 34.9 Å². The molecule has 1 aromatic carbocycles. The second kappa shape index (κ2) is 6.23. The number of aliphatic carboxylic acids is 1. The first-order valence-corrected chi connectivity index (χ1v) is 5.50. The molecule has 1 aromatic rings. The largest absolute Gasteiger partial charge is 0.479 e. The highest BCUT2D eigenvalue weighted by molar-refractivity contribution is 6.30. The summed E-state index contributed by atoms with van der Waals surface area (Å²) in [6, 6.07) is 4.34.